The number of Topliss-reactive ketones (excluding diaryl/α,β-unsaturated/α-hetero) is 1. The fourth-order valence-corrected chi connectivity index (χ4v) is 9.02. The summed E-state index contributed by atoms with van der Waals surface area (Å²) in [5.41, 5.74) is 1.63. The first kappa shape index (κ1) is 25.9. The Kier molecular flexibility index (Phi) is 6.89. The normalized spacial score (nSPS) is 41.6. The van der Waals surface area contributed by atoms with Crippen molar-refractivity contribution in [2.45, 2.75) is 97.1 Å². The zero-order valence-corrected chi connectivity index (χ0v) is 22.7. The van der Waals surface area contributed by atoms with Gasteiger partial charge in [-0.05, 0) is 87.8 Å². The number of allylic oxidation sites excluding steroid dienone is 1. The van der Waals surface area contributed by atoms with E-state index in [4.69, 9.17) is 14.2 Å². The highest BCUT2D eigenvalue weighted by atomic mass is 16.5. The lowest BCUT2D eigenvalue weighted by Crippen LogP contribution is -2.60. The molecule has 0 bridgehead atoms. The highest BCUT2D eigenvalue weighted by molar-refractivity contribution is 5.86. The molecule has 5 nitrogen and oxygen atoms in total. The van der Waals surface area contributed by atoms with Gasteiger partial charge < -0.3 is 19.3 Å². The molecule has 4 aliphatic carbocycles. The summed E-state index contributed by atoms with van der Waals surface area (Å²) in [4.78, 5) is 12.9. The van der Waals surface area contributed by atoms with Gasteiger partial charge in [0.05, 0.1) is 25.4 Å². The molecule has 5 rings (SSSR count). The first-order valence-corrected chi connectivity index (χ1v) is 14.0. The predicted octanol–water partition coefficient (Wildman–Crippen LogP) is 5.88. The molecule has 0 aromatic heterocycles. The molecule has 2 unspecified atom stereocenters. The van der Waals surface area contributed by atoms with Crippen molar-refractivity contribution in [1.82, 2.24) is 0 Å². The molecule has 0 amide bonds. The van der Waals surface area contributed by atoms with Gasteiger partial charge in [0, 0.05) is 24.4 Å². The van der Waals surface area contributed by atoms with Crippen LogP contribution in [0.15, 0.2) is 35.9 Å². The second-order valence-corrected chi connectivity index (χ2v) is 12.2. The number of methoxy groups -OCH3 is 1. The molecule has 8 atom stereocenters. The summed E-state index contributed by atoms with van der Waals surface area (Å²) >= 11 is 0. The minimum atomic E-state index is -0.653. The van der Waals surface area contributed by atoms with E-state index >= 15 is 0 Å². The van der Waals surface area contributed by atoms with Crippen LogP contribution in [0, 0.1) is 28.6 Å². The summed E-state index contributed by atoms with van der Waals surface area (Å²) in [6, 6.07) is 8.15. The SMILES string of the molecule is CCOc1ccc(COC2CC(O)CC3=CC[C@H]4[C@@H]5CC[C@](OC)(C(C)=O)[C@@]5(C)CC[C@@H]4[C@]32C)cc1. The molecule has 0 heterocycles. The molecule has 1 aromatic rings. The number of ether oxygens (including phenoxy) is 3. The molecule has 0 saturated heterocycles. The Hall–Kier alpha value is -1.69. The van der Waals surface area contributed by atoms with E-state index < -0.39 is 5.60 Å². The Balaban J connectivity index is 1.40. The molecule has 5 heteroatoms. The molecule has 3 fully saturated rings. The highest BCUT2D eigenvalue weighted by Crippen LogP contribution is 2.68. The van der Waals surface area contributed by atoms with Gasteiger partial charge in [-0.25, -0.2) is 0 Å². The maximum absolute atomic E-state index is 12.9. The minimum Gasteiger partial charge on any atom is -0.494 e. The van der Waals surface area contributed by atoms with Crippen molar-refractivity contribution in [3.63, 3.8) is 0 Å². The average Bonchev–Trinajstić information content (AvgIpc) is 3.17. The molecule has 1 aromatic carbocycles. The van der Waals surface area contributed by atoms with Crippen molar-refractivity contribution in [1.29, 1.82) is 0 Å². The van der Waals surface area contributed by atoms with Gasteiger partial charge in [0.2, 0.25) is 0 Å². The third-order valence-corrected chi connectivity index (χ3v) is 10.9. The van der Waals surface area contributed by atoms with Crippen molar-refractivity contribution >= 4 is 5.78 Å². The molecule has 36 heavy (non-hydrogen) atoms. The largest absolute Gasteiger partial charge is 0.494 e. The van der Waals surface area contributed by atoms with Gasteiger partial charge in [-0.15, -0.1) is 0 Å². The Morgan fingerprint density at radius 3 is 2.50 bits per heavy atom. The van der Waals surface area contributed by atoms with E-state index in [0.717, 1.165) is 49.8 Å². The predicted molar refractivity (Wildman–Crippen MR) is 140 cm³/mol. The van der Waals surface area contributed by atoms with Crippen molar-refractivity contribution in [2.24, 2.45) is 28.6 Å². The number of hydrogen-bond acceptors (Lipinski definition) is 5. The fourth-order valence-electron chi connectivity index (χ4n) is 9.02. The fraction of sp³-hybridized carbons (Fsp3) is 0.710. The van der Waals surface area contributed by atoms with Gasteiger partial charge in [0.15, 0.2) is 5.78 Å². The Morgan fingerprint density at radius 2 is 1.83 bits per heavy atom. The van der Waals surface area contributed by atoms with E-state index in [-0.39, 0.29) is 28.8 Å². The van der Waals surface area contributed by atoms with Crippen LogP contribution in [0.3, 0.4) is 0 Å². The molecular weight excluding hydrogens is 452 g/mol. The van der Waals surface area contributed by atoms with Crippen LogP contribution in [0.25, 0.3) is 0 Å². The number of aliphatic hydroxyl groups is 1. The number of hydrogen-bond donors (Lipinski definition) is 1. The Bertz CT molecular complexity index is 1000. The zero-order valence-electron chi connectivity index (χ0n) is 22.7. The maximum Gasteiger partial charge on any atom is 0.162 e. The highest BCUT2D eigenvalue weighted by Gasteiger charge is 2.67. The van der Waals surface area contributed by atoms with Crippen molar-refractivity contribution < 1.29 is 24.1 Å². The number of carbonyl (C=O) groups excluding carboxylic acids is 1. The number of carbonyl (C=O) groups is 1. The minimum absolute atomic E-state index is 0.0300. The lowest BCUT2D eigenvalue weighted by Gasteiger charge is -2.60. The molecular formula is C31H44O5. The molecule has 0 spiro atoms. The van der Waals surface area contributed by atoms with Crippen LogP contribution in [0.2, 0.25) is 0 Å². The molecule has 3 saturated carbocycles. The molecule has 4 aliphatic rings. The summed E-state index contributed by atoms with van der Waals surface area (Å²) in [5.74, 6) is 2.53. The lowest BCUT2D eigenvalue weighted by molar-refractivity contribution is -0.174. The van der Waals surface area contributed by atoms with E-state index in [1.807, 2.05) is 19.1 Å². The van der Waals surface area contributed by atoms with Crippen LogP contribution in [0.5, 0.6) is 5.75 Å². The van der Waals surface area contributed by atoms with Crippen LogP contribution in [-0.2, 0) is 20.9 Å². The van der Waals surface area contributed by atoms with E-state index in [1.54, 1.807) is 14.0 Å². The molecule has 1 N–H and O–H groups in total. The van der Waals surface area contributed by atoms with Crippen LogP contribution >= 0.6 is 0 Å². The number of aliphatic hydroxyl groups excluding tert-OH is 1. The van der Waals surface area contributed by atoms with Crippen LogP contribution in [0.1, 0.15) is 78.2 Å². The Labute approximate surface area is 216 Å². The summed E-state index contributed by atoms with van der Waals surface area (Å²) in [5, 5.41) is 10.8. The summed E-state index contributed by atoms with van der Waals surface area (Å²) in [7, 11) is 1.73. The first-order valence-electron chi connectivity index (χ1n) is 14.0. The van der Waals surface area contributed by atoms with E-state index in [9.17, 15) is 9.90 Å². The van der Waals surface area contributed by atoms with E-state index in [1.165, 1.54) is 5.57 Å². The maximum atomic E-state index is 12.9. The smallest absolute Gasteiger partial charge is 0.162 e. The molecule has 0 aliphatic heterocycles. The number of benzene rings is 1. The van der Waals surface area contributed by atoms with Gasteiger partial charge in [-0.2, -0.15) is 0 Å². The monoisotopic (exact) mass is 496 g/mol. The quantitative estimate of drug-likeness (QED) is 0.478. The topological polar surface area (TPSA) is 65.0 Å². The van der Waals surface area contributed by atoms with E-state index in [0.29, 0.717) is 37.4 Å². The van der Waals surface area contributed by atoms with Gasteiger partial charge in [-0.1, -0.05) is 37.6 Å². The second kappa shape index (κ2) is 9.56. The number of ketones is 1. The summed E-state index contributed by atoms with van der Waals surface area (Å²) in [6.45, 7) is 9.61. The van der Waals surface area contributed by atoms with Gasteiger partial charge >= 0.3 is 0 Å². The van der Waals surface area contributed by atoms with Crippen LogP contribution in [0.4, 0.5) is 0 Å². The Morgan fingerprint density at radius 1 is 1.11 bits per heavy atom. The third-order valence-electron chi connectivity index (χ3n) is 10.9. The standard InChI is InChI=1S/C31H44O5/c1-6-35-24-10-7-21(8-11-24)19-36-28-18-23(33)17-22-9-12-25-26-14-16-31(34-5,20(2)32)29(26,3)15-13-27(25)30(22,28)4/h7-11,23,25-28,33H,6,12-19H2,1-5H3/t23?,25-,26-,27-,28?,29-,30-,31-/m0/s1. The van der Waals surface area contributed by atoms with Crippen LogP contribution in [-0.4, -0.2) is 42.4 Å². The lowest BCUT2D eigenvalue weighted by atomic mass is 9.46. The third kappa shape index (κ3) is 3.80. The molecule has 198 valence electrons. The van der Waals surface area contributed by atoms with Crippen molar-refractivity contribution in [2.75, 3.05) is 13.7 Å². The second-order valence-electron chi connectivity index (χ2n) is 12.2. The van der Waals surface area contributed by atoms with E-state index in [2.05, 4.69) is 32.1 Å². The number of rotatable bonds is 7. The first-order chi connectivity index (χ1) is 17.2. The average molecular weight is 497 g/mol. The summed E-state index contributed by atoms with van der Waals surface area (Å²) in [6.07, 6.45) is 8.44. The summed E-state index contributed by atoms with van der Waals surface area (Å²) < 4.78 is 18.3. The number of fused-ring (bicyclic) bond motifs is 5. The van der Waals surface area contributed by atoms with Crippen molar-refractivity contribution in [3.05, 3.63) is 41.5 Å². The van der Waals surface area contributed by atoms with Gasteiger partial charge in [0.1, 0.15) is 11.4 Å². The van der Waals surface area contributed by atoms with Crippen molar-refractivity contribution in [3.8, 4) is 5.75 Å². The molecule has 0 radical (unpaired) electrons. The van der Waals surface area contributed by atoms with Gasteiger partial charge in [-0.3, -0.25) is 4.79 Å². The zero-order chi connectivity index (χ0) is 25.7. The van der Waals surface area contributed by atoms with Gasteiger partial charge in [0.25, 0.3) is 0 Å². The van der Waals surface area contributed by atoms with Crippen LogP contribution < -0.4 is 4.74 Å².